The zero-order chi connectivity index (χ0) is 14.0. The summed E-state index contributed by atoms with van der Waals surface area (Å²) in [5.74, 6) is -0.311. The fourth-order valence-electron chi connectivity index (χ4n) is 1.73. The molecule has 1 aromatic heterocycles. The van der Waals surface area contributed by atoms with Gasteiger partial charge in [-0.15, -0.1) is 0 Å². The number of rotatable bonds is 3. The molecule has 1 heterocycles. The molecule has 0 spiro atoms. The van der Waals surface area contributed by atoms with E-state index in [1.54, 1.807) is 0 Å². The normalized spacial score (nSPS) is 10.3. The smallest absolute Gasteiger partial charge is 0.404 e. The van der Waals surface area contributed by atoms with E-state index in [0.29, 0.717) is 17.2 Å². The third-order valence-corrected chi connectivity index (χ3v) is 2.56. The molecule has 1 aromatic carbocycles. The Labute approximate surface area is 106 Å². The van der Waals surface area contributed by atoms with Crippen LogP contribution < -0.4 is 10.9 Å². The van der Waals surface area contributed by atoms with Gasteiger partial charge in [0.15, 0.2) is 11.9 Å². The number of amides is 1. The van der Waals surface area contributed by atoms with Gasteiger partial charge < -0.3 is 19.9 Å². The number of carbonyl (C=O) groups excluding carboxylic acids is 1. The molecule has 0 bridgehead atoms. The van der Waals surface area contributed by atoms with Crippen molar-refractivity contribution in [1.82, 2.24) is 5.32 Å². The second kappa shape index (κ2) is 4.81. The fraction of sp³-hybridized carbons (Fsp3) is 0.0833. The fourth-order valence-corrected chi connectivity index (χ4v) is 1.73. The first-order valence-electron chi connectivity index (χ1n) is 5.23. The maximum absolute atomic E-state index is 11.4. The molecule has 7 nitrogen and oxygen atoms in total. The van der Waals surface area contributed by atoms with Crippen LogP contribution in [0.2, 0.25) is 0 Å². The lowest BCUT2D eigenvalue weighted by molar-refractivity contribution is 0.112. The third kappa shape index (κ3) is 2.39. The van der Waals surface area contributed by atoms with Gasteiger partial charge in [-0.3, -0.25) is 4.79 Å². The molecule has 0 radical (unpaired) electrons. The van der Waals surface area contributed by atoms with Crippen molar-refractivity contribution in [3.05, 3.63) is 39.7 Å². The highest BCUT2D eigenvalue weighted by Gasteiger charge is 2.13. The van der Waals surface area contributed by atoms with E-state index >= 15 is 0 Å². The number of aromatic hydroxyl groups is 1. The van der Waals surface area contributed by atoms with Gasteiger partial charge in [-0.1, -0.05) is 0 Å². The van der Waals surface area contributed by atoms with E-state index < -0.39 is 11.7 Å². The number of aldehydes is 1. The Kier molecular flexibility index (Phi) is 3.19. The molecule has 0 aliphatic rings. The SMILES string of the molecule is O=Cc1c(O)ccc2c(CNC(=O)O)cc(=O)oc12. The predicted octanol–water partition coefficient (Wildman–Crippen LogP) is 1.08. The molecule has 7 heteroatoms. The monoisotopic (exact) mass is 263 g/mol. The van der Waals surface area contributed by atoms with Crippen LogP contribution in [0.3, 0.4) is 0 Å². The van der Waals surface area contributed by atoms with Crippen LogP contribution in [0.15, 0.2) is 27.4 Å². The van der Waals surface area contributed by atoms with Crippen molar-refractivity contribution in [3.63, 3.8) is 0 Å². The lowest BCUT2D eigenvalue weighted by atomic mass is 10.1. The Morgan fingerprint density at radius 2 is 2.16 bits per heavy atom. The van der Waals surface area contributed by atoms with E-state index in [1.165, 1.54) is 12.1 Å². The maximum atomic E-state index is 11.4. The van der Waals surface area contributed by atoms with E-state index in [9.17, 15) is 19.5 Å². The van der Waals surface area contributed by atoms with Crippen molar-refractivity contribution in [2.24, 2.45) is 0 Å². The lowest BCUT2D eigenvalue weighted by Gasteiger charge is -2.07. The zero-order valence-electron chi connectivity index (χ0n) is 9.54. The Hall–Kier alpha value is -2.83. The molecule has 0 saturated heterocycles. The average Bonchev–Trinajstić information content (AvgIpc) is 2.35. The Morgan fingerprint density at radius 1 is 1.42 bits per heavy atom. The summed E-state index contributed by atoms with van der Waals surface area (Å²) in [6.07, 6.45) is -0.870. The molecule has 19 heavy (non-hydrogen) atoms. The average molecular weight is 263 g/mol. The molecule has 98 valence electrons. The second-order valence-electron chi connectivity index (χ2n) is 3.74. The highest BCUT2D eigenvalue weighted by Crippen LogP contribution is 2.26. The van der Waals surface area contributed by atoms with Crippen LogP contribution in [0.25, 0.3) is 11.0 Å². The van der Waals surface area contributed by atoms with E-state index in [-0.39, 0.29) is 23.4 Å². The molecule has 3 N–H and O–H groups in total. The van der Waals surface area contributed by atoms with Gasteiger partial charge in [-0.05, 0) is 17.7 Å². The van der Waals surface area contributed by atoms with Crippen LogP contribution in [0.1, 0.15) is 15.9 Å². The number of benzene rings is 1. The van der Waals surface area contributed by atoms with Gasteiger partial charge >= 0.3 is 11.7 Å². The Bertz CT molecular complexity index is 718. The number of hydrogen-bond donors (Lipinski definition) is 3. The minimum absolute atomic E-state index is 0.0651. The highest BCUT2D eigenvalue weighted by atomic mass is 16.4. The maximum Gasteiger partial charge on any atom is 0.404 e. The largest absolute Gasteiger partial charge is 0.507 e. The summed E-state index contributed by atoms with van der Waals surface area (Å²) in [6.45, 7) is -0.111. The van der Waals surface area contributed by atoms with Crippen molar-refractivity contribution in [2.45, 2.75) is 6.54 Å². The van der Waals surface area contributed by atoms with Gasteiger partial charge in [0.2, 0.25) is 0 Å². The Morgan fingerprint density at radius 3 is 2.79 bits per heavy atom. The molecule has 1 amide bonds. The third-order valence-electron chi connectivity index (χ3n) is 2.56. The molecule has 0 saturated carbocycles. The summed E-state index contributed by atoms with van der Waals surface area (Å²) < 4.78 is 4.89. The minimum atomic E-state index is -1.24. The topological polar surface area (TPSA) is 117 Å². The molecule has 0 atom stereocenters. The number of carboxylic acid groups (broad SMARTS) is 1. The van der Waals surface area contributed by atoms with Crippen LogP contribution in [0.5, 0.6) is 5.75 Å². The minimum Gasteiger partial charge on any atom is -0.507 e. The van der Waals surface area contributed by atoms with Crippen LogP contribution >= 0.6 is 0 Å². The summed E-state index contributed by atoms with van der Waals surface area (Å²) in [5.41, 5.74) is -0.586. The highest BCUT2D eigenvalue weighted by molar-refractivity contribution is 5.98. The Balaban J connectivity index is 2.68. The molecule has 0 aliphatic carbocycles. The number of fused-ring (bicyclic) bond motifs is 1. The van der Waals surface area contributed by atoms with Gasteiger partial charge in [0.05, 0.1) is 5.56 Å². The van der Waals surface area contributed by atoms with Gasteiger partial charge in [0.25, 0.3) is 0 Å². The summed E-state index contributed by atoms with van der Waals surface area (Å²) in [4.78, 5) is 32.7. The van der Waals surface area contributed by atoms with Crippen LogP contribution in [0.4, 0.5) is 4.79 Å². The second-order valence-corrected chi connectivity index (χ2v) is 3.74. The standard InChI is InChI=1S/C12H9NO6/c14-5-8-9(15)2-1-7-6(4-13-12(17)18)3-10(16)19-11(7)8/h1-3,5,13,15H,4H2,(H,17,18). The molecule has 2 rings (SSSR count). The quantitative estimate of drug-likeness (QED) is 0.563. The summed E-state index contributed by atoms with van der Waals surface area (Å²) in [7, 11) is 0. The zero-order valence-corrected chi connectivity index (χ0v) is 9.54. The lowest BCUT2D eigenvalue weighted by Crippen LogP contribution is -2.21. The molecule has 0 aliphatic heterocycles. The van der Waals surface area contributed by atoms with Crippen LogP contribution in [0, 0.1) is 0 Å². The first-order valence-corrected chi connectivity index (χ1v) is 5.23. The van der Waals surface area contributed by atoms with Crippen molar-refractivity contribution < 1.29 is 24.2 Å². The first kappa shape index (κ1) is 12.6. The molecule has 2 aromatic rings. The van der Waals surface area contributed by atoms with E-state index in [1.807, 2.05) is 0 Å². The number of phenolic OH excluding ortho intramolecular Hbond substituents is 1. The van der Waals surface area contributed by atoms with E-state index in [0.717, 1.165) is 6.07 Å². The van der Waals surface area contributed by atoms with Gasteiger partial charge in [0.1, 0.15) is 5.75 Å². The number of nitrogens with one attached hydrogen (secondary N) is 1. The van der Waals surface area contributed by atoms with Crippen molar-refractivity contribution in [3.8, 4) is 5.75 Å². The van der Waals surface area contributed by atoms with Gasteiger partial charge in [-0.25, -0.2) is 9.59 Å². The summed E-state index contributed by atoms with van der Waals surface area (Å²) in [6, 6.07) is 3.85. The number of hydrogen-bond acceptors (Lipinski definition) is 5. The van der Waals surface area contributed by atoms with Gasteiger partial charge in [0, 0.05) is 18.0 Å². The predicted molar refractivity (Wildman–Crippen MR) is 64.4 cm³/mol. The van der Waals surface area contributed by atoms with Crippen molar-refractivity contribution >= 4 is 23.3 Å². The number of phenols is 1. The number of carbonyl (C=O) groups is 2. The molecular weight excluding hydrogens is 254 g/mol. The van der Waals surface area contributed by atoms with Crippen molar-refractivity contribution in [1.29, 1.82) is 0 Å². The first-order chi connectivity index (χ1) is 9.02. The van der Waals surface area contributed by atoms with E-state index in [2.05, 4.69) is 5.32 Å². The molecule has 0 fully saturated rings. The van der Waals surface area contributed by atoms with Crippen LogP contribution in [-0.4, -0.2) is 22.6 Å². The van der Waals surface area contributed by atoms with Gasteiger partial charge in [-0.2, -0.15) is 0 Å². The van der Waals surface area contributed by atoms with E-state index in [4.69, 9.17) is 9.52 Å². The molecule has 0 unspecified atom stereocenters. The van der Waals surface area contributed by atoms with Crippen LogP contribution in [-0.2, 0) is 6.54 Å². The molecular formula is C12H9NO6. The summed E-state index contributed by atoms with van der Waals surface area (Å²) >= 11 is 0. The van der Waals surface area contributed by atoms with Crippen molar-refractivity contribution in [2.75, 3.05) is 0 Å². The summed E-state index contributed by atoms with van der Waals surface area (Å²) in [5, 5.41) is 20.6.